The maximum atomic E-state index is 11.9. The molecule has 2 aromatic heterocycles. The fraction of sp³-hybridized carbons (Fsp3) is 0.0500. The maximum Gasteiger partial charge on any atom is 0.271 e. The molecule has 0 aliphatic heterocycles. The SMILES string of the molecule is Cn1cncc1-c1ccc(Nc2cn(-c3c(Cl)cccc3Cl)nc2C(N)=O)cc1. The fourth-order valence-corrected chi connectivity index (χ4v) is 3.56. The van der Waals surface area contributed by atoms with Gasteiger partial charge in [0.05, 0.1) is 40.1 Å². The summed E-state index contributed by atoms with van der Waals surface area (Å²) in [6.07, 6.45) is 5.17. The first kappa shape index (κ1) is 19.0. The number of anilines is 2. The first-order valence-corrected chi connectivity index (χ1v) is 9.37. The van der Waals surface area contributed by atoms with Gasteiger partial charge in [0.1, 0.15) is 5.69 Å². The van der Waals surface area contributed by atoms with E-state index in [9.17, 15) is 4.79 Å². The minimum absolute atomic E-state index is 0.0803. The smallest absolute Gasteiger partial charge is 0.271 e. The van der Waals surface area contributed by atoms with E-state index < -0.39 is 5.91 Å². The topological polar surface area (TPSA) is 90.8 Å². The molecule has 1 amide bonds. The number of carbonyl (C=O) groups is 1. The van der Waals surface area contributed by atoms with Gasteiger partial charge in [0.15, 0.2) is 5.69 Å². The summed E-state index contributed by atoms with van der Waals surface area (Å²) in [5, 5.41) is 8.26. The normalized spacial score (nSPS) is 10.9. The Bertz CT molecular complexity index is 1180. The molecule has 0 saturated heterocycles. The van der Waals surface area contributed by atoms with E-state index in [0.29, 0.717) is 21.4 Å². The molecule has 3 N–H and O–H groups in total. The van der Waals surface area contributed by atoms with Gasteiger partial charge < -0.3 is 15.6 Å². The number of halogens is 2. The lowest BCUT2D eigenvalue weighted by Gasteiger charge is -2.07. The second-order valence-corrected chi connectivity index (χ2v) is 7.18. The number of nitrogens with zero attached hydrogens (tertiary/aromatic N) is 4. The zero-order valence-corrected chi connectivity index (χ0v) is 16.8. The third-order valence-electron chi connectivity index (χ3n) is 4.39. The number of carbonyl (C=O) groups excluding carboxylic acids is 1. The van der Waals surface area contributed by atoms with Crippen LogP contribution in [0.15, 0.2) is 61.2 Å². The summed E-state index contributed by atoms with van der Waals surface area (Å²) in [5.74, 6) is -0.666. The first-order valence-electron chi connectivity index (χ1n) is 8.61. The van der Waals surface area contributed by atoms with Gasteiger partial charge in [-0.2, -0.15) is 5.10 Å². The standard InChI is InChI=1S/C20H16Cl2N6O/c1-27-11-24-9-17(27)12-5-7-13(8-6-12)25-16-10-28(26-18(16)20(23)29)19-14(21)3-2-4-15(19)22/h2-11,25H,1H3,(H2,23,29). The van der Waals surface area contributed by atoms with Gasteiger partial charge in [-0.25, -0.2) is 9.67 Å². The van der Waals surface area contributed by atoms with Crippen molar-refractivity contribution in [2.45, 2.75) is 0 Å². The summed E-state index contributed by atoms with van der Waals surface area (Å²) < 4.78 is 3.38. The van der Waals surface area contributed by atoms with Gasteiger partial charge >= 0.3 is 0 Å². The van der Waals surface area contributed by atoms with Crippen molar-refractivity contribution in [3.8, 4) is 16.9 Å². The van der Waals surface area contributed by atoms with Gasteiger partial charge in [-0.3, -0.25) is 4.79 Å². The van der Waals surface area contributed by atoms with Crippen LogP contribution in [0.1, 0.15) is 10.5 Å². The van der Waals surface area contributed by atoms with Gasteiger partial charge in [-0.15, -0.1) is 0 Å². The molecule has 2 heterocycles. The highest BCUT2D eigenvalue weighted by Gasteiger charge is 2.18. The van der Waals surface area contributed by atoms with Crippen LogP contribution in [-0.4, -0.2) is 25.2 Å². The minimum Gasteiger partial charge on any atom is -0.364 e. The average molecular weight is 427 g/mol. The van der Waals surface area contributed by atoms with Gasteiger partial charge in [-0.1, -0.05) is 41.4 Å². The van der Waals surface area contributed by atoms with E-state index in [1.165, 1.54) is 4.68 Å². The number of primary amides is 1. The number of amides is 1. The summed E-state index contributed by atoms with van der Waals surface area (Å²) in [6.45, 7) is 0. The van der Waals surface area contributed by atoms with E-state index in [-0.39, 0.29) is 5.69 Å². The lowest BCUT2D eigenvalue weighted by molar-refractivity contribution is 0.0996. The van der Waals surface area contributed by atoms with Crippen LogP contribution in [0.2, 0.25) is 10.0 Å². The molecule has 0 fully saturated rings. The molecule has 0 aliphatic rings. The molecule has 0 atom stereocenters. The Labute approximate surface area is 176 Å². The van der Waals surface area contributed by atoms with E-state index in [1.807, 2.05) is 35.9 Å². The highest BCUT2D eigenvalue weighted by atomic mass is 35.5. The monoisotopic (exact) mass is 426 g/mol. The lowest BCUT2D eigenvalue weighted by atomic mass is 10.1. The third kappa shape index (κ3) is 3.70. The summed E-state index contributed by atoms with van der Waals surface area (Å²) in [6, 6.07) is 12.8. The quantitative estimate of drug-likeness (QED) is 0.493. The van der Waals surface area contributed by atoms with Crippen LogP contribution in [0, 0.1) is 0 Å². The molecule has 0 aliphatic carbocycles. The summed E-state index contributed by atoms with van der Waals surface area (Å²) >= 11 is 12.5. The Kier molecular flexibility index (Phi) is 5.00. The van der Waals surface area contributed by atoms with Crippen molar-refractivity contribution in [1.82, 2.24) is 19.3 Å². The Balaban J connectivity index is 1.67. The molecule has 0 unspecified atom stereocenters. The number of rotatable bonds is 5. The number of nitrogens with one attached hydrogen (secondary N) is 1. The van der Waals surface area contributed by atoms with Gasteiger partial charge in [0.2, 0.25) is 0 Å². The van der Waals surface area contributed by atoms with Crippen molar-refractivity contribution >= 4 is 40.5 Å². The predicted molar refractivity (Wildman–Crippen MR) is 114 cm³/mol. The highest BCUT2D eigenvalue weighted by Crippen LogP contribution is 2.31. The molecular formula is C20H16Cl2N6O. The number of hydrogen-bond acceptors (Lipinski definition) is 4. The van der Waals surface area contributed by atoms with Crippen LogP contribution in [-0.2, 0) is 7.05 Å². The van der Waals surface area contributed by atoms with E-state index in [1.54, 1.807) is 36.9 Å². The van der Waals surface area contributed by atoms with Crippen molar-refractivity contribution in [3.63, 3.8) is 0 Å². The molecular weight excluding hydrogens is 411 g/mol. The van der Waals surface area contributed by atoms with Gasteiger partial charge in [0.25, 0.3) is 5.91 Å². The van der Waals surface area contributed by atoms with Crippen molar-refractivity contribution in [1.29, 1.82) is 0 Å². The number of aryl methyl sites for hydroxylation is 1. The van der Waals surface area contributed by atoms with Gasteiger partial charge in [0, 0.05) is 12.7 Å². The number of para-hydroxylation sites is 1. The minimum atomic E-state index is -0.666. The molecule has 0 spiro atoms. The Morgan fingerprint density at radius 2 is 1.79 bits per heavy atom. The molecule has 146 valence electrons. The van der Waals surface area contributed by atoms with E-state index in [0.717, 1.165) is 16.9 Å². The number of nitrogens with two attached hydrogens (primary N) is 1. The number of imidazole rings is 1. The second kappa shape index (κ2) is 7.62. The Hall–Kier alpha value is -3.29. The molecule has 7 nitrogen and oxygen atoms in total. The molecule has 9 heteroatoms. The van der Waals surface area contributed by atoms with Crippen LogP contribution < -0.4 is 11.1 Å². The molecule has 2 aromatic carbocycles. The molecule has 4 aromatic rings. The predicted octanol–water partition coefficient (Wildman–Crippen LogP) is 4.42. The van der Waals surface area contributed by atoms with Crippen molar-refractivity contribution in [2.24, 2.45) is 12.8 Å². The fourth-order valence-electron chi connectivity index (χ4n) is 2.99. The average Bonchev–Trinajstić information content (AvgIpc) is 3.29. The van der Waals surface area contributed by atoms with Gasteiger partial charge in [-0.05, 0) is 29.8 Å². The van der Waals surface area contributed by atoms with Crippen molar-refractivity contribution in [3.05, 3.63) is 76.9 Å². The zero-order chi connectivity index (χ0) is 20.5. The van der Waals surface area contributed by atoms with Crippen molar-refractivity contribution in [2.75, 3.05) is 5.32 Å². The molecule has 4 rings (SSSR count). The molecule has 0 radical (unpaired) electrons. The second-order valence-electron chi connectivity index (χ2n) is 6.36. The molecule has 29 heavy (non-hydrogen) atoms. The number of benzene rings is 2. The van der Waals surface area contributed by atoms with Crippen LogP contribution in [0.4, 0.5) is 11.4 Å². The first-order chi connectivity index (χ1) is 13.9. The zero-order valence-electron chi connectivity index (χ0n) is 15.3. The third-order valence-corrected chi connectivity index (χ3v) is 5.00. The highest BCUT2D eigenvalue weighted by molar-refractivity contribution is 6.37. The van der Waals surface area contributed by atoms with Crippen LogP contribution in [0.3, 0.4) is 0 Å². The molecule has 0 bridgehead atoms. The van der Waals surface area contributed by atoms with Crippen LogP contribution >= 0.6 is 23.2 Å². The Morgan fingerprint density at radius 3 is 2.38 bits per heavy atom. The summed E-state index contributed by atoms with van der Waals surface area (Å²) in [4.78, 5) is 16.0. The van der Waals surface area contributed by atoms with E-state index >= 15 is 0 Å². The summed E-state index contributed by atoms with van der Waals surface area (Å²) in [7, 11) is 1.93. The van der Waals surface area contributed by atoms with E-state index in [2.05, 4.69) is 15.4 Å². The van der Waals surface area contributed by atoms with Crippen LogP contribution in [0.5, 0.6) is 0 Å². The largest absolute Gasteiger partial charge is 0.364 e. The number of hydrogen-bond donors (Lipinski definition) is 2. The Morgan fingerprint density at radius 1 is 1.10 bits per heavy atom. The molecule has 0 saturated carbocycles. The van der Waals surface area contributed by atoms with Crippen LogP contribution in [0.25, 0.3) is 16.9 Å². The number of aromatic nitrogens is 4. The summed E-state index contributed by atoms with van der Waals surface area (Å²) in [5.41, 5.74) is 9.29. The maximum absolute atomic E-state index is 11.9. The van der Waals surface area contributed by atoms with E-state index in [4.69, 9.17) is 28.9 Å². The lowest BCUT2D eigenvalue weighted by Crippen LogP contribution is -2.14. The van der Waals surface area contributed by atoms with Crippen molar-refractivity contribution < 1.29 is 4.79 Å².